The van der Waals surface area contributed by atoms with E-state index in [0.29, 0.717) is 6.61 Å². The van der Waals surface area contributed by atoms with E-state index in [9.17, 15) is 4.79 Å². The molecule has 0 unspecified atom stereocenters. The molecule has 0 rings (SSSR count). The van der Waals surface area contributed by atoms with Crippen LogP contribution in [-0.2, 0) is 9.53 Å². The summed E-state index contributed by atoms with van der Waals surface area (Å²) < 4.78 is 6.08. The third kappa shape index (κ3) is 23.7. The van der Waals surface area contributed by atoms with Gasteiger partial charge in [-0.25, -0.2) is 0 Å². The van der Waals surface area contributed by atoms with Crippen LogP contribution in [0, 0.1) is 5.41 Å². The van der Waals surface area contributed by atoms with Crippen LogP contribution in [0.1, 0.15) is 173 Å². The van der Waals surface area contributed by atoms with E-state index in [0.717, 1.165) is 70.0 Å². The van der Waals surface area contributed by atoms with Gasteiger partial charge >= 0.3 is 5.97 Å². The minimum absolute atomic E-state index is 0.111. The molecule has 0 fully saturated rings. The van der Waals surface area contributed by atoms with Crippen molar-refractivity contribution in [3.63, 3.8) is 0 Å². The van der Waals surface area contributed by atoms with Gasteiger partial charge in [0, 0.05) is 0 Å². The van der Waals surface area contributed by atoms with Gasteiger partial charge < -0.3 is 4.74 Å². The lowest BCUT2D eigenvalue weighted by Crippen LogP contribution is -2.34. The van der Waals surface area contributed by atoms with E-state index in [1.165, 1.54) is 109 Å². The molecule has 0 aliphatic carbocycles. The van der Waals surface area contributed by atoms with E-state index in [1.54, 1.807) is 0 Å². The zero-order valence-electron chi connectivity index (χ0n) is 26.6. The molecule has 0 radical (unpaired) electrons. The summed E-state index contributed by atoms with van der Waals surface area (Å²) in [6.07, 6.45) is 38.0. The molecular formula is C37H68O2S. The number of hydrogen-bond donors (Lipinski definition) is 1. The van der Waals surface area contributed by atoms with Crippen molar-refractivity contribution in [2.24, 2.45) is 5.41 Å². The van der Waals surface area contributed by atoms with Gasteiger partial charge in [-0.15, -0.1) is 19.7 Å². The normalized spacial score (nSPS) is 11.4. The van der Waals surface area contributed by atoms with Crippen molar-refractivity contribution in [3.05, 3.63) is 38.0 Å². The molecule has 0 bridgehead atoms. The summed E-state index contributed by atoms with van der Waals surface area (Å²) in [4.78, 5) is 13.8. The summed E-state index contributed by atoms with van der Waals surface area (Å²) >= 11 is 4.30. The average molecular weight is 577 g/mol. The molecule has 2 nitrogen and oxygen atoms in total. The van der Waals surface area contributed by atoms with Gasteiger partial charge in [-0.1, -0.05) is 121 Å². The number of rotatable bonds is 33. The Kier molecular flexibility index (Phi) is 30.2. The van der Waals surface area contributed by atoms with Crippen molar-refractivity contribution in [2.75, 3.05) is 12.4 Å². The number of thiol groups is 1. The fourth-order valence-electron chi connectivity index (χ4n) is 5.77. The first-order valence-electron chi connectivity index (χ1n) is 17.3. The maximum absolute atomic E-state index is 13.8. The van der Waals surface area contributed by atoms with Crippen LogP contribution in [0.2, 0.25) is 0 Å². The zero-order valence-corrected chi connectivity index (χ0v) is 27.5. The van der Waals surface area contributed by atoms with Crippen LogP contribution < -0.4 is 0 Å². The summed E-state index contributed by atoms with van der Waals surface area (Å²) in [6.45, 7) is 12.2. The summed E-state index contributed by atoms with van der Waals surface area (Å²) in [5, 5.41) is 0. The first-order valence-corrected chi connectivity index (χ1v) is 17.9. The van der Waals surface area contributed by atoms with E-state index >= 15 is 0 Å². The lowest BCUT2D eigenvalue weighted by atomic mass is 9.74. The van der Waals surface area contributed by atoms with Crippen molar-refractivity contribution in [1.29, 1.82) is 0 Å². The maximum Gasteiger partial charge on any atom is 0.312 e. The van der Waals surface area contributed by atoms with Gasteiger partial charge in [0.05, 0.1) is 12.0 Å². The molecule has 0 aliphatic heterocycles. The minimum Gasteiger partial charge on any atom is -0.465 e. The molecule has 0 atom stereocenters. The predicted molar refractivity (Wildman–Crippen MR) is 182 cm³/mol. The van der Waals surface area contributed by atoms with E-state index < -0.39 is 0 Å². The Labute approximate surface area is 256 Å². The van der Waals surface area contributed by atoms with Crippen LogP contribution in [0.15, 0.2) is 38.0 Å². The summed E-state index contributed by atoms with van der Waals surface area (Å²) in [7, 11) is 0. The summed E-state index contributed by atoms with van der Waals surface area (Å²) in [5.74, 6) is 1.13. The Morgan fingerprint density at radius 1 is 0.500 bits per heavy atom. The highest BCUT2D eigenvalue weighted by atomic mass is 32.1. The number of esters is 1. The SMILES string of the molecule is C=CCCCCCCC(CCCCCCC=C)(CCCCCCC=C)C(=O)OCCCCCCCCCCCS. The number of hydrogen-bond acceptors (Lipinski definition) is 3. The molecule has 0 N–H and O–H groups in total. The van der Waals surface area contributed by atoms with Gasteiger partial charge in [-0.3, -0.25) is 4.79 Å². The second-order valence-electron chi connectivity index (χ2n) is 12.0. The highest BCUT2D eigenvalue weighted by Gasteiger charge is 2.38. The highest BCUT2D eigenvalue weighted by Crippen LogP contribution is 2.39. The van der Waals surface area contributed by atoms with Gasteiger partial charge in [0.2, 0.25) is 0 Å². The fraction of sp³-hybridized carbons (Fsp3) is 0.811. The summed E-state index contributed by atoms with van der Waals surface area (Å²) in [5.41, 5.74) is -0.289. The molecule has 0 aromatic rings. The van der Waals surface area contributed by atoms with Crippen LogP contribution in [0.25, 0.3) is 0 Å². The largest absolute Gasteiger partial charge is 0.465 e. The van der Waals surface area contributed by atoms with Gasteiger partial charge in [-0.05, 0) is 76.4 Å². The number of ether oxygens (including phenoxy) is 1. The molecular weight excluding hydrogens is 508 g/mol. The monoisotopic (exact) mass is 576 g/mol. The first kappa shape index (κ1) is 39.0. The Balaban J connectivity index is 4.86. The smallest absolute Gasteiger partial charge is 0.312 e. The molecule has 0 aromatic heterocycles. The molecule has 0 saturated heterocycles. The lowest BCUT2D eigenvalue weighted by Gasteiger charge is -2.32. The Bertz CT molecular complexity index is 534. The quantitative estimate of drug-likeness (QED) is 0.0364. The van der Waals surface area contributed by atoms with Crippen molar-refractivity contribution < 1.29 is 9.53 Å². The second-order valence-corrected chi connectivity index (χ2v) is 12.5. The molecule has 0 aliphatic rings. The second kappa shape index (κ2) is 31.0. The molecule has 234 valence electrons. The number of allylic oxidation sites excluding steroid dienone is 3. The molecule has 0 saturated carbocycles. The Hall–Kier alpha value is -0.960. The Morgan fingerprint density at radius 3 is 1.20 bits per heavy atom. The molecule has 3 heteroatoms. The van der Waals surface area contributed by atoms with Crippen LogP contribution >= 0.6 is 12.6 Å². The van der Waals surface area contributed by atoms with Crippen LogP contribution in [0.5, 0.6) is 0 Å². The number of carbonyl (C=O) groups excluding carboxylic acids is 1. The number of carbonyl (C=O) groups is 1. The van der Waals surface area contributed by atoms with E-state index in [1.807, 2.05) is 18.2 Å². The molecule has 0 heterocycles. The highest BCUT2D eigenvalue weighted by molar-refractivity contribution is 7.80. The Morgan fingerprint density at radius 2 is 0.825 bits per heavy atom. The minimum atomic E-state index is -0.289. The third-order valence-corrected chi connectivity index (χ3v) is 8.73. The van der Waals surface area contributed by atoms with Crippen molar-refractivity contribution >= 4 is 18.6 Å². The van der Waals surface area contributed by atoms with E-state index in [-0.39, 0.29) is 11.4 Å². The average Bonchev–Trinajstić information content (AvgIpc) is 2.96. The van der Waals surface area contributed by atoms with Crippen molar-refractivity contribution in [2.45, 2.75) is 173 Å². The third-order valence-electron chi connectivity index (χ3n) is 8.41. The first-order chi connectivity index (χ1) is 19.7. The maximum atomic E-state index is 13.8. The zero-order chi connectivity index (χ0) is 29.4. The lowest BCUT2D eigenvalue weighted by molar-refractivity contribution is -0.158. The van der Waals surface area contributed by atoms with E-state index in [4.69, 9.17) is 4.74 Å². The van der Waals surface area contributed by atoms with Crippen molar-refractivity contribution in [1.82, 2.24) is 0 Å². The standard InChI is InChI=1S/C37H68O2S/c1-4-7-10-13-21-26-31-37(32-27-22-14-11-8-5-2,33-28-23-15-12-9-6-3)36(38)39-34-29-24-19-17-16-18-20-25-30-35-40/h4-6,40H,1-3,7-35H2. The number of unbranched alkanes of at least 4 members (excludes halogenated alkanes) is 20. The molecule has 0 aromatic carbocycles. The molecule has 0 spiro atoms. The van der Waals surface area contributed by atoms with Gasteiger partial charge in [0.25, 0.3) is 0 Å². The molecule has 40 heavy (non-hydrogen) atoms. The van der Waals surface area contributed by atoms with Gasteiger partial charge in [0.15, 0.2) is 0 Å². The topological polar surface area (TPSA) is 26.3 Å². The van der Waals surface area contributed by atoms with Crippen LogP contribution in [0.4, 0.5) is 0 Å². The van der Waals surface area contributed by atoms with Crippen LogP contribution in [0.3, 0.4) is 0 Å². The fourth-order valence-corrected chi connectivity index (χ4v) is 5.99. The van der Waals surface area contributed by atoms with Crippen molar-refractivity contribution in [3.8, 4) is 0 Å². The van der Waals surface area contributed by atoms with E-state index in [2.05, 4.69) is 32.4 Å². The molecule has 0 amide bonds. The summed E-state index contributed by atoms with van der Waals surface area (Å²) in [6, 6.07) is 0. The van der Waals surface area contributed by atoms with Gasteiger partial charge in [-0.2, -0.15) is 12.6 Å². The van der Waals surface area contributed by atoms with Crippen LogP contribution in [-0.4, -0.2) is 18.3 Å². The van der Waals surface area contributed by atoms with Gasteiger partial charge in [0.1, 0.15) is 0 Å². The predicted octanol–water partition coefficient (Wildman–Crippen LogP) is 12.5.